The lowest BCUT2D eigenvalue weighted by atomic mass is 10.1. The van der Waals surface area contributed by atoms with Gasteiger partial charge in [0.25, 0.3) is 0 Å². The summed E-state index contributed by atoms with van der Waals surface area (Å²) >= 11 is 7.72. The number of H-pyrrole nitrogens is 1. The van der Waals surface area contributed by atoms with E-state index in [9.17, 15) is 0 Å². The van der Waals surface area contributed by atoms with Gasteiger partial charge < -0.3 is 10.7 Å². The molecule has 0 atom stereocenters. The van der Waals surface area contributed by atoms with Gasteiger partial charge in [-0.25, -0.2) is 4.98 Å². The van der Waals surface area contributed by atoms with Gasteiger partial charge >= 0.3 is 0 Å². The first-order chi connectivity index (χ1) is 7.75. The van der Waals surface area contributed by atoms with E-state index in [0.29, 0.717) is 11.1 Å². The third-order valence-electron chi connectivity index (χ3n) is 2.41. The molecule has 3 aromatic rings. The first-order valence-electron chi connectivity index (χ1n) is 4.73. The van der Waals surface area contributed by atoms with E-state index in [1.165, 1.54) is 4.70 Å². The average Bonchev–Trinajstić information content (AvgIpc) is 2.81. The third kappa shape index (κ3) is 1.38. The highest BCUT2D eigenvalue weighted by atomic mass is 35.5. The van der Waals surface area contributed by atoms with E-state index in [1.54, 1.807) is 11.3 Å². The van der Waals surface area contributed by atoms with Gasteiger partial charge in [0.05, 0.1) is 0 Å². The Hall–Kier alpha value is -1.52. The molecule has 0 aliphatic heterocycles. The van der Waals surface area contributed by atoms with E-state index in [2.05, 4.69) is 22.1 Å². The second-order valence-electron chi connectivity index (χ2n) is 3.43. The number of nitrogens with two attached hydrogens (primary N) is 1. The Morgan fingerprint density at radius 2 is 2.12 bits per heavy atom. The van der Waals surface area contributed by atoms with Crippen molar-refractivity contribution in [3.63, 3.8) is 0 Å². The molecule has 0 aliphatic rings. The Bertz CT molecular complexity index is 656. The fourth-order valence-corrected chi connectivity index (χ4v) is 2.90. The molecule has 3 N–H and O–H groups in total. The van der Waals surface area contributed by atoms with Crippen LogP contribution in [-0.4, -0.2) is 9.97 Å². The van der Waals surface area contributed by atoms with Crippen LogP contribution >= 0.6 is 22.9 Å². The van der Waals surface area contributed by atoms with Gasteiger partial charge in [-0.2, -0.15) is 0 Å². The largest absolute Gasteiger partial charge is 0.369 e. The molecular weight excluding hydrogens is 242 g/mol. The zero-order valence-electron chi connectivity index (χ0n) is 8.20. The molecule has 0 radical (unpaired) electrons. The Labute approximate surface area is 101 Å². The zero-order chi connectivity index (χ0) is 11.1. The summed E-state index contributed by atoms with van der Waals surface area (Å²) in [7, 11) is 0. The van der Waals surface area contributed by atoms with Gasteiger partial charge in [-0.05, 0) is 6.07 Å². The van der Waals surface area contributed by atoms with Crippen LogP contribution in [0.25, 0.3) is 21.3 Å². The number of benzene rings is 1. The minimum atomic E-state index is 0.343. The van der Waals surface area contributed by atoms with Gasteiger partial charge in [0, 0.05) is 21.0 Å². The summed E-state index contributed by atoms with van der Waals surface area (Å²) in [5.74, 6) is 0.343. The molecule has 0 bridgehead atoms. The predicted octanol–water partition coefficient (Wildman–Crippen LogP) is 3.53. The van der Waals surface area contributed by atoms with Crippen molar-refractivity contribution in [2.24, 2.45) is 0 Å². The minimum absolute atomic E-state index is 0.343. The van der Waals surface area contributed by atoms with E-state index in [1.807, 2.05) is 17.5 Å². The maximum atomic E-state index is 6.04. The molecule has 0 unspecified atom stereocenters. The molecule has 16 heavy (non-hydrogen) atoms. The number of fused-ring (bicyclic) bond motifs is 1. The van der Waals surface area contributed by atoms with Crippen LogP contribution in [0.5, 0.6) is 0 Å². The van der Waals surface area contributed by atoms with Gasteiger partial charge in [-0.1, -0.05) is 29.8 Å². The van der Waals surface area contributed by atoms with Crippen molar-refractivity contribution in [3.05, 3.63) is 34.8 Å². The highest BCUT2D eigenvalue weighted by Crippen LogP contribution is 2.36. The van der Waals surface area contributed by atoms with E-state index in [0.717, 1.165) is 16.6 Å². The second-order valence-corrected chi connectivity index (χ2v) is 4.72. The summed E-state index contributed by atoms with van der Waals surface area (Å²) in [6.45, 7) is 0. The van der Waals surface area contributed by atoms with Crippen LogP contribution in [0, 0.1) is 0 Å². The van der Waals surface area contributed by atoms with Crippen LogP contribution in [0.1, 0.15) is 0 Å². The van der Waals surface area contributed by atoms with E-state index in [4.69, 9.17) is 17.3 Å². The van der Waals surface area contributed by atoms with Crippen LogP contribution in [0.15, 0.2) is 29.6 Å². The number of rotatable bonds is 1. The number of thiophene rings is 1. The molecule has 0 saturated carbocycles. The molecule has 0 fully saturated rings. The lowest BCUT2D eigenvalue weighted by Gasteiger charge is -1.94. The van der Waals surface area contributed by atoms with Crippen molar-refractivity contribution in [2.75, 3.05) is 5.73 Å². The van der Waals surface area contributed by atoms with Crippen LogP contribution in [0.4, 0.5) is 5.95 Å². The minimum Gasteiger partial charge on any atom is -0.369 e. The van der Waals surface area contributed by atoms with Gasteiger partial charge in [0.2, 0.25) is 0 Å². The smallest absolute Gasteiger partial charge is 0.199 e. The summed E-state index contributed by atoms with van der Waals surface area (Å²) in [4.78, 5) is 7.00. The first kappa shape index (κ1) is 9.69. The Kier molecular flexibility index (Phi) is 2.12. The number of nitrogens with one attached hydrogen (secondary N) is 1. The molecule has 2 heterocycles. The molecule has 0 spiro atoms. The van der Waals surface area contributed by atoms with Crippen molar-refractivity contribution >= 4 is 39.0 Å². The average molecular weight is 250 g/mol. The molecule has 0 amide bonds. The summed E-state index contributed by atoms with van der Waals surface area (Å²) in [6.07, 6.45) is 0. The lowest BCUT2D eigenvalue weighted by Crippen LogP contribution is -1.85. The zero-order valence-corrected chi connectivity index (χ0v) is 9.77. The molecular formula is C11H8ClN3S. The number of aromatic amines is 1. The Morgan fingerprint density at radius 1 is 1.31 bits per heavy atom. The maximum Gasteiger partial charge on any atom is 0.199 e. The SMILES string of the molecule is Nc1nc(-c2csc3ccccc23)c(Cl)[nH]1. The molecule has 3 nitrogen and oxygen atoms in total. The summed E-state index contributed by atoms with van der Waals surface area (Å²) in [5, 5.41) is 3.69. The third-order valence-corrected chi connectivity index (χ3v) is 3.65. The summed E-state index contributed by atoms with van der Waals surface area (Å²) in [5.41, 5.74) is 7.33. The molecule has 0 aliphatic carbocycles. The summed E-state index contributed by atoms with van der Waals surface area (Å²) < 4.78 is 1.22. The van der Waals surface area contributed by atoms with E-state index >= 15 is 0 Å². The van der Waals surface area contributed by atoms with Crippen molar-refractivity contribution in [2.45, 2.75) is 0 Å². The van der Waals surface area contributed by atoms with Crippen molar-refractivity contribution in [1.29, 1.82) is 0 Å². The van der Waals surface area contributed by atoms with E-state index < -0.39 is 0 Å². The number of aromatic nitrogens is 2. The first-order valence-corrected chi connectivity index (χ1v) is 5.99. The van der Waals surface area contributed by atoms with Crippen molar-refractivity contribution in [1.82, 2.24) is 9.97 Å². The number of hydrogen-bond donors (Lipinski definition) is 2. The van der Waals surface area contributed by atoms with Gasteiger partial charge in [-0.15, -0.1) is 11.3 Å². The van der Waals surface area contributed by atoms with Gasteiger partial charge in [0.15, 0.2) is 5.95 Å². The lowest BCUT2D eigenvalue weighted by molar-refractivity contribution is 1.33. The molecule has 80 valence electrons. The normalized spacial score (nSPS) is 11.1. The fraction of sp³-hybridized carbons (Fsp3) is 0. The standard InChI is InChI=1S/C11H8ClN3S/c12-10-9(14-11(13)15-10)7-5-16-8-4-2-1-3-6(7)8/h1-5H,(H3,13,14,15). The number of halogens is 1. The number of anilines is 1. The quantitative estimate of drug-likeness (QED) is 0.693. The van der Waals surface area contributed by atoms with Crippen LogP contribution in [0.2, 0.25) is 5.15 Å². The number of nitrogens with zero attached hydrogens (tertiary/aromatic N) is 1. The van der Waals surface area contributed by atoms with Crippen molar-refractivity contribution < 1.29 is 0 Å². The maximum absolute atomic E-state index is 6.04. The molecule has 0 saturated heterocycles. The number of imidazole rings is 1. The molecule has 3 rings (SSSR count). The van der Waals surface area contributed by atoms with Crippen LogP contribution < -0.4 is 5.73 Å². The monoisotopic (exact) mass is 249 g/mol. The Balaban J connectivity index is 2.30. The Morgan fingerprint density at radius 3 is 2.88 bits per heavy atom. The predicted molar refractivity (Wildman–Crippen MR) is 68.8 cm³/mol. The van der Waals surface area contributed by atoms with Gasteiger partial charge in [0.1, 0.15) is 10.8 Å². The van der Waals surface area contributed by atoms with Crippen molar-refractivity contribution in [3.8, 4) is 11.3 Å². The second kappa shape index (κ2) is 3.50. The van der Waals surface area contributed by atoms with Gasteiger partial charge in [-0.3, -0.25) is 0 Å². The fourth-order valence-electron chi connectivity index (χ4n) is 1.71. The molecule has 1 aromatic carbocycles. The number of nitrogen functional groups attached to an aromatic ring is 1. The molecule has 5 heteroatoms. The summed E-state index contributed by atoms with van der Waals surface area (Å²) in [6, 6.07) is 8.15. The number of hydrogen-bond acceptors (Lipinski definition) is 3. The molecule has 2 aromatic heterocycles. The van der Waals surface area contributed by atoms with Crippen LogP contribution in [-0.2, 0) is 0 Å². The highest BCUT2D eigenvalue weighted by molar-refractivity contribution is 7.17. The highest BCUT2D eigenvalue weighted by Gasteiger charge is 2.13. The van der Waals surface area contributed by atoms with E-state index in [-0.39, 0.29) is 0 Å². The van der Waals surface area contributed by atoms with Crippen LogP contribution in [0.3, 0.4) is 0 Å². The topological polar surface area (TPSA) is 54.7 Å².